The first kappa shape index (κ1) is 25.8. The molecule has 2 N–H and O–H groups in total. The van der Waals surface area contributed by atoms with E-state index in [4.69, 9.17) is 24.1 Å². The summed E-state index contributed by atoms with van der Waals surface area (Å²) in [7, 11) is -4.38. The highest BCUT2D eigenvalue weighted by atomic mass is 79.9. The van der Waals surface area contributed by atoms with Gasteiger partial charge < -0.3 is 19.9 Å². The zero-order valence-electron chi connectivity index (χ0n) is 18.3. The Labute approximate surface area is 203 Å². The van der Waals surface area contributed by atoms with Crippen LogP contribution < -0.4 is 11.4 Å². The van der Waals surface area contributed by atoms with Crippen molar-refractivity contribution in [3.8, 4) is 0 Å². The van der Waals surface area contributed by atoms with E-state index in [-0.39, 0.29) is 15.2 Å². The molecule has 1 aliphatic rings. The highest BCUT2D eigenvalue weighted by Crippen LogP contribution is 2.36. The minimum absolute atomic E-state index is 0.0884. The van der Waals surface area contributed by atoms with E-state index in [1.54, 1.807) is 19.1 Å². The molecule has 1 aromatic heterocycles. The summed E-state index contributed by atoms with van der Waals surface area (Å²) in [4.78, 5) is 39.3. The number of nitrogen functional groups attached to an aromatic ring is 1. The molecule has 0 amide bonds. The van der Waals surface area contributed by atoms with Crippen LogP contribution in [0.2, 0.25) is 0 Å². The van der Waals surface area contributed by atoms with Crippen molar-refractivity contribution >= 4 is 43.8 Å². The van der Waals surface area contributed by atoms with Crippen LogP contribution in [-0.4, -0.2) is 54.8 Å². The van der Waals surface area contributed by atoms with Gasteiger partial charge in [0.2, 0.25) is 0 Å². The molecule has 0 unspecified atom stereocenters. The zero-order valence-corrected chi connectivity index (χ0v) is 20.7. The lowest BCUT2D eigenvalue weighted by Gasteiger charge is -2.24. The third kappa shape index (κ3) is 5.81. The molecule has 0 spiro atoms. The number of hydrogen-bond donors (Lipinski definition) is 1. The summed E-state index contributed by atoms with van der Waals surface area (Å²) in [5, 5.41) is 0. The minimum Gasteiger partial charge on any atom is -0.463 e. The van der Waals surface area contributed by atoms with Gasteiger partial charge in [-0.2, -0.15) is 13.4 Å². The largest absolute Gasteiger partial charge is 0.463 e. The van der Waals surface area contributed by atoms with Gasteiger partial charge in [0.25, 0.3) is 10.1 Å². The summed E-state index contributed by atoms with van der Waals surface area (Å²) >= 11 is 3.16. The zero-order chi connectivity index (χ0) is 25.2. The summed E-state index contributed by atoms with van der Waals surface area (Å²) in [6.45, 7) is 3.60. The summed E-state index contributed by atoms with van der Waals surface area (Å²) < 4.78 is 48.8. The van der Waals surface area contributed by atoms with Crippen molar-refractivity contribution in [1.82, 2.24) is 9.55 Å². The highest BCUT2D eigenvalue weighted by molar-refractivity contribution is 9.10. The number of nitrogens with zero attached hydrogens (tertiary/aromatic N) is 2. The molecule has 0 aliphatic carbocycles. The molecule has 12 nitrogen and oxygen atoms in total. The number of carbonyl (C=O) groups excluding carboxylic acids is 2. The smallest absolute Gasteiger partial charge is 0.351 e. The topological polar surface area (TPSA) is 166 Å². The van der Waals surface area contributed by atoms with Crippen LogP contribution in [0.15, 0.2) is 44.6 Å². The first-order chi connectivity index (χ1) is 15.9. The van der Waals surface area contributed by atoms with Gasteiger partial charge in [-0.25, -0.2) is 4.79 Å². The number of nitrogens with two attached hydrogens (primary N) is 1. The van der Waals surface area contributed by atoms with Gasteiger partial charge in [0.15, 0.2) is 12.3 Å². The number of hydrogen-bond acceptors (Lipinski definition) is 11. The van der Waals surface area contributed by atoms with Crippen molar-refractivity contribution < 1.29 is 36.4 Å². The van der Waals surface area contributed by atoms with Gasteiger partial charge in [-0.1, -0.05) is 17.7 Å². The number of carbonyl (C=O) groups is 2. The second-order valence-corrected chi connectivity index (χ2v) is 9.86. The average molecular weight is 560 g/mol. The van der Waals surface area contributed by atoms with E-state index < -0.39 is 58.9 Å². The monoisotopic (exact) mass is 559 g/mol. The fourth-order valence-corrected chi connectivity index (χ4v) is 4.66. The standard InChI is InChI=1S/C20H22BrN3O9S/c1-10-4-6-13(7-5-10)34(28,29)33-16-15(9-30-11(2)25)32-19(17(16)31-12(3)26)24-8-14(21)18(22)23-20(24)27/h4-8,15-17,19H,9H2,1-3H3,(H2,22,23,27)/t15-,16+,17-,19-/m1/s1. The predicted octanol–water partition coefficient (Wildman–Crippen LogP) is 1.06. The number of aromatic nitrogens is 2. The van der Waals surface area contributed by atoms with Crippen LogP contribution in [0.3, 0.4) is 0 Å². The van der Waals surface area contributed by atoms with Crippen molar-refractivity contribution in [2.24, 2.45) is 0 Å². The van der Waals surface area contributed by atoms with Gasteiger partial charge >= 0.3 is 17.6 Å². The second-order valence-electron chi connectivity index (χ2n) is 7.43. The predicted molar refractivity (Wildman–Crippen MR) is 120 cm³/mol. The van der Waals surface area contributed by atoms with Crippen molar-refractivity contribution in [3.05, 3.63) is 51.0 Å². The van der Waals surface area contributed by atoms with E-state index in [0.29, 0.717) is 0 Å². The summed E-state index contributed by atoms with van der Waals surface area (Å²) in [6, 6.07) is 5.87. The Balaban J connectivity index is 2.05. The molecule has 1 aliphatic heterocycles. The summed E-state index contributed by atoms with van der Waals surface area (Å²) in [6.07, 6.45) is -4.22. The maximum Gasteiger partial charge on any atom is 0.351 e. The molecule has 4 atom stereocenters. The number of anilines is 1. The fraction of sp³-hybridized carbons (Fsp3) is 0.400. The van der Waals surface area contributed by atoms with Gasteiger partial charge in [-0.05, 0) is 35.0 Å². The molecule has 14 heteroatoms. The lowest BCUT2D eigenvalue weighted by Crippen LogP contribution is -2.42. The maximum absolute atomic E-state index is 13.0. The maximum atomic E-state index is 13.0. The normalized spacial score (nSPS) is 22.4. The van der Waals surface area contributed by atoms with Crippen molar-refractivity contribution in [2.45, 2.75) is 50.2 Å². The molecule has 3 rings (SSSR count). The molecular formula is C20H22BrN3O9S. The number of rotatable bonds is 7. The van der Waals surface area contributed by atoms with Crippen molar-refractivity contribution in [1.29, 1.82) is 0 Å². The number of aryl methyl sites for hydroxylation is 1. The average Bonchev–Trinajstić information content (AvgIpc) is 3.05. The quantitative estimate of drug-likeness (QED) is 0.380. The molecule has 184 valence electrons. The van der Waals surface area contributed by atoms with E-state index in [0.717, 1.165) is 24.0 Å². The minimum atomic E-state index is -4.38. The van der Waals surface area contributed by atoms with Gasteiger partial charge in [0, 0.05) is 20.0 Å². The van der Waals surface area contributed by atoms with Crippen LogP contribution in [-0.2, 0) is 38.1 Å². The van der Waals surface area contributed by atoms with E-state index >= 15 is 0 Å². The Hall–Kier alpha value is -2.81. The molecule has 0 bridgehead atoms. The molecule has 1 aromatic carbocycles. The van der Waals surface area contributed by atoms with E-state index in [9.17, 15) is 22.8 Å². The molecule has 1 fully saturated rings. The van der Waals surface area contributed by atoms with Gasteiger partial charge in [0.05, 0.1) is 9.37 Å². The van der Waals surface area contributed by atoms with E-state index in [1.807, 2.05) is 0 Å². The first-order valence-corrected chi connectivity index (χ1v) is 12.1. The third-order valence-corrected chi connectivity index (χ3v) is 6.73. The van der Waals surface area contributed by atoms with Crippen LogP contribution in [0, 0.1) is 6.92 Å². The third-order valence-electron chi connectivity index (χ3n) is 4.79. The van der Waals surface area contributed by atoms with Crippen LogP contribution in [0.4, 0.5) is 5.82 Å². The van der Waals surface area contributed by atoms with Gasteiger partial charge in [-0.15, -0.1) is 0 Å². The highest BCUT2D eigenvalue weighted by Gasteiger charge is 2.51. The van der Waals surface area contributed by atoms with Crippen molar-refractivity contribution in [2.75, 3.05) is 12.3 Å². The molecule has 34 heavy (non-hydrogen) atoms. The van der Waals surface area contributed by atoms with Crippen molar-refractivity contribution in [3.63, 3.8) is 0 Å². The fourth-order valence-electron chi connectivity index (χ4n) is 3.25. The van der Waals surface area contributed by atoms with E-state index in [1.165, 1.54) is 18.3 Å². The van der Waals surface area contributed by atoms with Gasteiger partial charge in [-0.3, -0.25) is 18.3 Å². The number of esters is 2. The SMILES string of the molecule is CC(=O)OC[C@H]1O[C@@H](n2cc(Br)c(N)nc2=O)[C@H](OC(C)=O)[C@H]1OS(=O)(=O)c1ccc(C)cc1. The molecule has 2 heterocycles. The molecular weight excluding hydrogens is 538 g/mol. The summed E-state index contributed by atoms with van der Waals surface area (Å²) in [5.74, 6) is -1.54. The Bertz CT molecular complexity index is 1250. The second kappa shape index (κ2) is 10.2. The Morgan fingerprint density at radius 2 is 1.82 bits per heavy atom. The van der Waals surface area contributed by atoms with Crippen LogP contribution in [0.5, 0.6) is 0 Å². The Morgan fingerprint density at radius 3 is 2.41 bits per heavy atom. The Kier molecular flexibility index (Phi) is 7.75. The Morgan fingerprint density at radius 1 is 1.18 bits per heavy atom. The van der Waals surface area contributed by atoms with Gasteiger partial charge in [0.1, 0.15) is 24.6 Å². The lowest BCUT2D eigenvalue weighted by molar-refractivity contribution is -0.155. The lowest BCUT2D eigenvalue weighted by atomic mass is 10.1. The van der Waals surface area contributed by atoms with Crippen LogP contribution in [0.25, 0.3) is 0 Å². The number of ether oxygens (including phenoxy) is 3. The molecule has 0 saturated carbocycles. The summed E-state index contributed by atoms with van der Waals surface area (Å²) in [5.41, 5.74) is 5.62. The van der Waals surface area contributed by atoms with Crippen LogP contribution >= 0.6 is 15.9 Å². The molecule has 1 saturated heterocycles. The first-order valence-electron chi connectivity index (χ1n) is 9.89. The molecule has 0 radical (unpaired) electrons. The number of halogens is 1. The van der Waals surface area contributed by atoms with E-state index in [2.05, 4.69) is 20.9 Å². The number of benzene rings is 1. The molecule has 2 aromatic rings. The van der Waals surface area contributed by atoms with Crippen LogP contribution in [0.1, 0.15) is 25.6 Å².